The van der Waals surface area contributed by atoms with Crippen LogP contribution in [0.3, 0.4) is 0 Å². The van der Waals surface area contributed by atoms with Gasteiger partial charge in [0.1, 0.15) is 0 Å². The van der Waals surface area contributed by atoms with Crippen LogP contribution in [0.4, 0.5) is 5.69 Å². The zero-order valence-corrected chi connectivity index (χ0v) is 15.4. The molecule has 0 radical (unpaired) electrons. The molecule has 1 fully saturated rings. The van der Waals surface area contributed by atoms with E-state index in [4.69, 9.17) is 4.74 Å². The van der Waals surface area contributed by atoms with Gasteiger partial charge in [0.25, 0.3) is 5.91 Å². The molecule has 1 aromatic carbocycles. The average molecular weight is 395 g/mol. The highest BCUT2D eigenvalue weighted by Gasteiger charge is 2.15. The van der Waals surface area contributed by atoms with Crippen molar-refractivity contribution < 1.29 is 9.53 Å². The fraction of sp³-hybridized carbons (Fsp3) is 0.353. The number of amides is 1. The average Bonchev–Trinajstić information content (AvgIpc) is 3.02. The number of nitrogens with zero attached hydrogens (tertiary/aromatic N) is 2. The van der Waals surface area contributed by atoms with E-state index < -0.39 is 0 Å². The number of thiophene rings is 1. The zero-order valence-electron chi connectivity index (χ0n) is 13.0. The number of anilines is 1. The lowest BCUT2D eigenvalue weighted by Crippen LogP contribution is -2.36. The van der Waals surface area contributed by atoms with E-state index in [0.717, 1.165) is 40.5 Å². The second-order valence-electron chi connectivity index (χ2n) is 5.53. The number of hydrogen-bond acceptors (Lipinski definition) is 4. The van der Waals surface area contributed by atoms with E-state index >= 15 is 0 Å². The van der Waals surface area contributed by atoms with E-state index in [1.54, 1.807) is 4.90 Å². The Balaban J connectivity index is 1.62. The van der Waals surface area contributed by atoms with Gasteiger partial charge in [-0.3, -0.25) is 4.79 Å². The summed E-state index contributed by atoms with van der Waals surface area (Å²) in [5.74, 6) is 0.0537. The molecule has 1 saturated heterocycles. The topological polar surface area (TPSA) is 32.8 Å². The Morgan fingerprint density at radius 1 is 1.22 bits per heavy atom. The summed E-state index contributed by atoms with van der Waals surface area (Å²) >= 11 is 4.86. The summed E-state index contributed by atoms with van der Waals surface area (Å²) < 4.78 is 6.36. The molecule has 2 heterocycles. The Morgan fingerprint density at radius 3 is 2.52 bits per heavy atom. The summed E-state index contributed by atoms with van der Waals surface area (Å²) in [5.41, 5.74) is 2.35. The molecule has 6 heteroatoms. The van der Waals surface area contributed by atoms with Gasteiger partial charge in [0.15, 0.2) is 0 Å². The third kappa shape index (κ3) is 4.13. The minimum atomic E-state index is 0.0537. The van der Waals surface area contributed by atoms with Crippen LogP contribution in [0.25, 0.3) is 0 Å². The quantitative estimate of drug-likeness (QED) is 0.793. The summed E-state index contributed by atoms with van der Waals surface area (Å²) in [6, 6.07) is 12.2. The van der Waals surface area contributed by atoms with Crippen molar-refractivity contribution in [2.75, 3.05) is 38.3 Å². The molecule has 1 aliphatic rings. The maximum atomic E-state index is 12.4. The lowest BCUT2D eigenvalue weighted by Gasteiger charge is -2.29. The van der Waals surface area contributed by atoms with E-state index in [2.05, 4.69) is 45.1 Å². The highest BCUT2D eigenvalue weighted by atomic mass is 79.9. The van der Waals surface area contributed by atoms with Gasteiger partial charge in [0.2, 0.25) is 0 Å². The van der Waals surface area contributed by atoms with E-state index in [-0.39, 0.29) is 5.91 Å². The van der Waals surface area contributed by atoms with Gasteiger partial charge in [-0.25, -0.2) is 0 Å². The zero-order chi connectivity index (χ0) is 16.2. The first-order valence-electron chi connectivity index (χ1n) is 7.56. The number of benzene rings is 1. The number of hydrogen-bond donors (Lipinski definition) is 0. The first-order chi connectivity index (χ1) is 11.1. The van der Waals surface area contributed by atoms with Crippen LogP contribution >= 0.6 is 27.3 Å². The van der Waals surface area contributed by atoms with Gasteiger partial charge in [0, 0.05) is 32.4 Å². The van der Waals surface area contributed by atoms with Gasteiger partial charge in [0.05, 0.1) is 21.9 Å². The third-order valence-corrected chi connectivity index (χ3v) is 5.47. The number of morpholine rings is 1. The van der Waals surface area contributed by atoms with Gasteiger partial charge in [-0.05, 0) is 45.8 Å². The summed E-state index contributed by atoms with van der Waals surface area (Å²) in [4.78, 5) is 17.2. The number of rotatable bonds is 4. The Labute approximate surface area is 148 Å². The Hall–Kier alpha value is -1.37. The molecule has 0 spiro atoms. The normalized spacial score (nSPS) is 14.8. The van der Waals surface area contributed by atoms with Crippen molar-refractivity contribution in [1.29, 1.82) is 0 Å². The van der Waals surface area contributed by atoms with Crippen molar-refractivity contribution in [3.05, 3.63) is 50.6 Å². The predicted octanol–water partition coefficient (Wildman–Crippen LogP) is 3.62. The van der Waals surface area contributed by atoms with Crippen molar-refractivity contribution >= 4 is 38.9 Å². The lowest BCUT2D eigenvalue weighted by molar-refractivity contribution is 0.0790. The molecule has 4 nitrogen and oxygen atoms in total. The molecule has 1 aliphatic heterocycles. The fourth-order valence-electron chi connectivity index (χ4n) is 2.60. The van der Waals surface area contributed by atoms with Crippen molar-refractivity contribution in [3.8, 4) is 0 Å². The molecule has 122 valence electrons. The van der Waals surface area contributed by atoms with Crippen LogP contribution in [-0.2, 0) is 11.3 Å². The fourth-order valence-corrected chi connectivity index (χ4v) is 3.98. The SMILES string of the molecule is CN(Cc1ccc(N2CCOCC2)cc1)C(=O)c1ccc(Br)s1. The highest BCUT2D eigenvalue weighted by molar-refractivity contribution is 9.11. The molecule has 0 bridgehead atoms. The molecule has 0 unspecified atom stereocenters. The number of ether oxygens (including phenoxy) is 1. The number of carbonyl (C=O) groups excluding carboxylic acids is 1. The van der Waals surface area contributed by atoms with Crippen molar-refractivity contribution in [2.45, 2.75) is 6.54 Å². The van der Waals surface area contributed by atoms with Crippen LogP contribution in [0.2, 0.25) is 0 Å². The Kier molecular flexibility index (Phi) is 5.35. The lowest BCUT2D eigenvalue weighted by atomic mass is 10.1. The van der Waals surface area contributed by atoms with Crippen molar-refractivity contribution in [1.82, 2.24) is 4.90 Å². The van der Waals surface area contributed by atoms with Crippen LogP contribution in [0.5, 0.6) is 0 Å². The van der Waals surface area contributed by atoms with Gasteiger partial charge < -0.3 is 14.5 Å². The van der Waals surface area contributed by atoms with E-state index in [0.29, 0.717) is 6.54 Å². The molecule has 23 heavy (non-hydrogen) atoms. The van der Waals surface area contributed by atoms with Crippen LogP contribution in [0.15, 0.2) is 40.2 Å². The summed E-state index contributed by atoms with van der Waals surface area (Å²) in [6.07, 6.45) is 0. The molecular formula is C17H19BrN2O2S. The maximum Gasteiger partial charge on any atom is 0.264 e. The number of carbonyl (C=O) groups is 1. The van der Waals surface area contributed by atoms with Crippen molar-refractivity contribution in [2.24, 2.45) is 0 Å². The minimum Gasteiger partial charge on any atom is -0.378 e. The molecule has 1 amide bonds. The Morgan fingerprint density at radius 2 is 1.91 bits per heavy atom. The summed E-state index contributed by atoms with van der Waals surface area (Å²) in [7, 11) is 1.84. The van der Waals surface area contributed by atoms with E-state index in [1.807, 2.05) is 19.2 Å². The van der Waals surface area contributed by atoms with Gasteiger partial charge in [-0.2, -0.15) is 0 Å². The van der Waals surface area contributed by atoms with Crippen LogP contribution < -0.4 is 4.90 Å². The molecule has 1 aromatic heterocycles. The molecule has 0 atom stereocenters. The minimum absolute atomic E-state index is 0.0537. The van der Waals surface area contributed by atoms with Crippen LogP contribution in [-0.4, -0.2) is 44.2 Å². The molecular weight excluding hydrogens is 376 g/mol. The largest absolute Gasteiger partial charge is 0.378 e. The smallest absolute Gasteiger partial charge is 0.264 e. The molecule has 3 rings (SSSR count). The highest BCUT2D eigenvalue weighted by Crippen LogP contribution is 2.24. The van der Waals surface area contributed by atoms with E-state index in [9.17, 15) is 4.79 Å². The van der Waals surface area contributed by atoms with E-state index in [1.165, 1.54) is 17.0 Å². The second-order valence-corrected chi connectivity index (χ2v) is 7.99. The monoisotopic (exact) mass is 394 g/mol. The number of halogens is 1. The first kappa shape index (κ1) is 16.5. The second kappa shape index (κ2) is 7.47. The van der Waals surface area contributed by atoms with Crippen LogP contribution in [0, 0.1) is 0 Å². The van der Waals surface area contributed by atoms with Gasteiger partial charge >= 0.3 is 0 Å². The van der Waals surface area contributed by atoms with Gasteiger partial charge in [-0.15, -0.1) is 11.3 Å². The van der Waals surface area contributed by atoms with Gasteiger partial charge in [-0.1, -0.05) is 12.1 Å². The summed E-state index contributed by atoms with van der Waals surface area (Å²) in [5, 5.41) is 0. The maximum absolute atomic E-state index is 12.4. The third-order valence-electron chi connectivity index (χ3n) is 3.86. The first-order valence-corrected chi connectivity index (χ1v) is 9.17. The van der Waals surface area contributed by atoms with Crippen molar-refractivity contribution in [3.63, 3.8) is 0 Å². The standard InChI is InChI=1S/C17H19BrN2O2S/c1-19(17(21)15-6-7-16(18)23-15)12-13-2-4-14(5-3-13)20-8-10-22-11-9-20/h2-7H,8-12H2,1H3. The Bertz CT molecular complexity index is 665. The molecule has 0 aliphatic carbocycles. The molecule has 0 saturated carbocycles. The molecule has 0 N–H and O–H groups in total. The summed E-state index contributed by atoms with van der Waals surface area (Å²) in [6.45, 7) is 4.05. The predicted molar refractivity (Wildman–Crippen MR) is 97.3 cm³/mol. The van der Waals surface area contributed by atoms with Crippen LogP contribution in [0.1, 0.15) is 15.2 Å². The molecule has 2 aromatic rings.